The molecule has 11 heteroatoms. The number of alkyl halides is 3. The molecule has 0 saturated carbocycles. The molecule has 0 radical (unpaired) electrons. The van der Waals surface area contributed by atoms with Crippen molar-refractivity contribution in [1.82, 2.24) is 24.7 Å². The van der Waals surface area contributed by atoms with Gasteiger partial charge in [0, 0.05) is 18.0 Å². The van der Waals surface area contributed by atoms with Gasteiger partial charge in [-0.15, -0.1) is 0 Å². The number of benzene rings is 2. The average Bonchev–Trinajstić information content (AvgIpc) is 3.32. The van der Waals surface area contributed by atoms with E-state index in [4.69, 9.17) is 4.74 Å². The molecule has 0 aliphatic rings. The number of anilines is 2. The molecule has 2 heterocycles. The molecule has 34 heavy (non-hydrogen) atoms. The molecule has 0 bridgehead atoms. The summed E-state index contributed by atoms with van der Waals surface area (Å²) in [6, 6.07) is 12.2. The van der Waals surface area contributed by atoms with Crippen LogP contribution in [-0.4, -0.2) is 30.8 Å². The van der Waals surface area contributed by atoms with Crippen molar-refractivity contribution >= 4 is 11.6 Å². The standard InChI is InChI=1S/C23H18F3N7O/c1-15(12-33-14-28-13-31-33)34-21-8-16(6-7-17(21)9-27)18-10-29-22(30-11-18)32-20-5-3-2-4-19(20)23(24,25)26/h2-8,10-11,13-15H,12H2,1H3,(H,29,30,32)/t15-/m0/s1. The molecular formula is C23H18F3N7O. The third kappa shape index (κ3) is 5.29. The van der Waals surface area contributed by atoms with Crippen molar-refractivity contribution in [3.8, 4) is 22.9 Å². The molecule has 0 unspecified atom stereocenters. The fourth-order valence-electron chi connectivity index (χ4n) is 3.24. The van der Waals surface area contributed by atoms with Crippen LogP contribution < -0.4 is 10.1 Å². The van der Waals surface area contributed by atoms with E-state index >= 15 is 0 Å². The normalized spacial score (nSPS) is 12.1. The van der Waals surface area contributed by atoms with Crippen LogP contribution in [0.2, 0.25) is 0 Å². The Hall–Kier alpha value is -4.46. The van der Waals surface area contributed by atoms with Gasteiger partial charge < -0.3 is 10.1 Å². The van der Waals surface area contributed by atoms with E-state index in [-0.39, 0.29) is 17.7 Å². The Morgan fingerprint density at radius 2 is 1.88 bits per heavy atom. The Morgan fingerprint density at radius 1 is 1.12 bits per heavy atom. The summed E-state index contributed by atoms with van der Waals surface area (Å²) in [5.41, 5.74) is 0.698. The van der Waals surface area contributed by atoms with Crippen LogP contribution in [0, 0.1) is 11.3 Å². The van der Waals surface area contributed by atoms with E-state index in [1.807, 2.05) is 6.92 Å². The molecule has 0 saturated heterocycles. The van der Waals surface area contributed by atoms with Crippen molar-refractivity contribution in [2.75, 3.05) is 5.32 Å². The number of halogens is 3. The summed E-state index contributed by atoms with van der Waals surface area (Å²) in [7, 11) is 0. The van der Waals surface area contributed by atoms with Gasteiger partial charge in [0.05, 0.1) is 23.4 Å². The van der Waals surface area contributed by atoms with Crippen LogP contribution in [0.5, 0.6) is 5.75 Å². The minimum Gasteiger partial charge on any atom is -0.487 e. The predicted octanol–water partition coefficient (Wildman–Crippen LogP) is 4.84. The molecule has 0 amide bonds. The van der Waals surface area contributed by atoms with E-state index in [0.29, 0.717) is 29.0 Å². The van der Waals surface area contributed by atoms with Crippen molar-refractivity contribution in [2.24, 2.45) is 0 Å². The van der Waals surface area contributed by atoms with Crippen LogP contribution >= 0.6 is 0 Å². The first-order valence-corrected chi connectivity index (χ1v) is 10.1. The van der Waals surface area contributed by atoms with Gasteiger partial charge in [-0.2, -0.15) is 23.5 Å². The lowest BCUT2D eigenvalue weighted by molar-refractivity contribution is -0.136. The third-order valence-corrected chi connectivity index (χ3v) is 4.81. The van der Waals surface area contributed by atoms with E-state index in [1.165, 1.54) is 36.9 Å². The fourth-order valence-corrected chi connectivity index (χ4v) is 3.24. The highest BCUT2D eigenvalue weighted by atomic mass is 19.4. The maximum atomic E-state index is 13.2. The molecule has 0 aliphatic heterocycles. The van der Waals surface area contributed by atoms with E-state index in [9.17, 15) is 18.4 Å². The Kier molecular flexibility index (Phi) is 6.40. The summed E-state index contributed by atoms with van der Waals surface area (Å²) in [4.78, 5) is 12.2. The van der Waals surface area contributed by atoms with Crippen molar-refractivity contribution in [3.63, 3.8) is 0 Å². The summed E-state index contributed by atoms with van der Waals surface area (Å²) in [6.45, 7) is 2.29. The maximum absolute atomic E-state index is 13.2. The lowest BCUT2D eigenvalue weighted by atomic mass is 10.1. The van der Waals surface area contributed by atoms with Gasteiger partial charge >= 0.3 is 6.18 Å². The van der Waals surface area contributed by atoms with Gasteiger partial charge in [-0.3, -0.25) is 0 Å². The van der Waals surface area contributed by atoms with Gasteiger partial charge in [-0.1, -0.05) is 18.2 Å². The number of aromatic nitrogens is 5. The largest absolute Gasteiger partial charge is 0.487 e. The zero-order valence-corrected chi connectivity index (χ0v) is 17.9. The Bertz CT molecular complexity index is 1300. The van der Waals surface area contributed by atoms with E-state index in [0.717, 1.165) is 6.07 Å². The smallest absolute Gasteiger partial charge is 0.418 e. The first-order chi connectivity index (χ1) is 16.3. The predicted molar refractivity (Wildman–Crippen MR) is 117 cm³/mol. The van der Waals surface area contributed by atoms with Crippen LogP contribution in [0.1, 0.15) is 18.1 Å². The van der Waals surface area contributed by atoms with Gasteiger partial charge in [0.15, 0.2) is 0 Å². The van der Waals surface area contributed by atoms with Gasteiger partial charge in [0.25, 0.3) is 0 Å². The zero-order valence-electron chi connectivity index (χ0n) is 17.9. The van der Waals surface area contributed by atoms with Crippen molar-refractivity contribution in [3.05, 3.63) is 78.6 Å². The van der Waals surface area contributed by atoms with Crippen molar-refractivity contribution in [2.45, 2.75) is 25.7 Å². The van der Waals surface area contributed by atoms with Crippen LogP contribution in [0.25, 0.3) is 11.1 Å². The molecule has 0 aliphatic carbocycles. The molecule has 1 atom stereocenters. The molecule has 2 aromatic carbocycles. The second kappa shape index (κ2) is 9.58. The molecule has 8 nitrogen and oxygen atoms in total. The number of nitriles is 1. The molecule has 2 aromatic heterocycles. The highest BCUT2D eigenvalue weighted by Crippen LogP contribution is 2.35. The first kappa shape index (κ1) is 22.7. The third-order valence-electron chi connectivity index (χ3n) is 4.81. The topological polar surface area (TPSA) is 102 Å². The summed E-state index contributed by atoms with van der Waals surface area (Å²) in [6.07, 6.45) is 1.16. The first-order valence-electron chi connectivity index (χ1n) is 10.1. The van der Waals surface area contributed by atoms with E-state index < -0.39 is 11.7 Å². The summed E-state index contributed by atoms with van der Waals surface area (Å²) < 4.78 is 47.2. The monoisotopic (exact) mass is 465 g/mol. The Balaban J connectivity index is 1.53. The van der Waals surface area contributed by atoms with E-state index in [1.54, 1.807) is 29.2 Å². The van der Waals surface area contributed by atoms with Crippen LogP contribution in [0.3, 0.4) is 0 Å². The minimum atomic E-state index is -4.51. The van der Waals surface area contributed by atoms with Gasteiger partial charge in [-0.25, -0.2) is 19.6 Å². The summed E-state index contributed by atoms with van der Waals surface area (Å²) in [5, 5.41) is 16.1. The van der Waals surface area contributed by atoms with Gasteiger partial charge in [0.1, 0.15) is 30.6 Å². The number of ether oxygens (including phenoxy) is 1. The molecular weight excluding hydrogens is 447 g/mol. The molecule has 0 spiro atoms. The SMILES string of the molecule is C[C@@H](Cn1cncn1)Oc1cc(-c2cnc(Nc3ccccc3C(F)(F)F)nc2)ccc1C#N. The number of nitrogens with zero attached hydrogens (tertiary/aromatic N) is 6. The van der Waals surface area contributed by atoms with E-state index in [2.05, 4.69) is 31.4 Å². The maximum Gasteiger partial charge on any atom is 0.418 e. The van der Waals surface area contributed by atoms with Crippen LogP contribution in [0.15, 0.2) is 67.5 Å². The number of rotatable bonds is 7. The molecule has 4 rings (SSSR count). The number of nitrogens with one attached hydrogen (secondary N) is 1. The molecule has 1 N–H and O–H groups in total. The molecule has 4 aromatic rings. The lowest BCUT2D eigenvalue weighted by Crippen LogP contribution is -2.20. The van der Waals surface area contributed by atoms with Gasteiger partial charge in [-0.05, 0) is 36.8 Å². The quantitative estimate of drug-likeness (QED) is 0.417. The number of para-hydroxylation sites is 1. The van der Waals surface area contributed by atoms with Crippen molar-refractivity contribution < 1.29 is 17.9 Å². The Labute approximate surface area is 192 Å². The molecule has 0 fully saturated rings. The average molecular weight is 465 g/mol. The van der Waals surface area contributed by atoms with Crippen LogP contribution in [0.4, 0.5) is 24.8 Å². The number of hydrogen-bond donors (Lipinski definition) is 1. The highest BCUT2D eigenvalue weighted by molar-refractivity contribution is 5.67. The summed E-state index contributed by atoms with van der Waals surface area (Å²) >= 11 is 0. The minimum absolute atomic E-state index is 0.0204. The summed E-state index contributed by atoms with van der Waals surface area (Å²) in [5.74, 6) is 0.404. The molecule has 172 valence electrons. The van der Waals surface area contributed by atoms with Crippen LogP contribution in [-0.2, 0) is 12.7 Å². The fraction of sp³-hybridized carbons (Fsp3) is 0.174. The second-order valence-electron chi connectivity index (χ2n) is 7.33. The van der Waals surface area contributed by atoms with Crippen molar-refractivity contribution in [1.29, 1.82) is 5.26 Å². The zero-order chi connectivity index (χ0) is 24.1. The Morgan fingerprint density at radius 3 is 2.56 bits per heavy atom. The van der Waals surface area contributed by atoms with Gasteiger partial charge in [0.2, 0.25) is 5.95 Å². The second-order valence-corrected chi connectivity index (χ2v) is 7.33. The highest BCUT2D eigenvalue weighted by Gasteiger charge is 2.33. The number of hydrogen-bond acceptors (Lipinski definition) is 7. The lowest BCUT2D eigenvalue weighted by Gasteiger charge is -2.16.